The minimum Gasteiger partial charge on any atom is -0.459 e. The molecular formula is C11H12N2O2. The van der Waals surface area contributed by atoms with Crippen molar-refractivity contribution in [1.29, 1.82) is 0 Å². The molecule has 4 heteroatoms. The van der Waals surface area contributed by atoms with E-state index in [0.29, 0.717) is 12.3 Å². The number of amides is 1. The maximum absolute atomic E-state index is 11.5. The summed E-state index contributed by atoms with van der Waals surface area (Å²) >= 11 is 0. The van der Waals surface area contributed by atoms with Gasteiger partial charge in [0, 0.05) is 26.0 Å². The molecule has 0 aliphatic carbocycles. The summed E-state index contributed by atoms with van der Waals surface area (Å²) in [7, 11) is 1.94. The Morgan fingerprint density at radius 2 is 2.40 bits per heavy atom. The minimum absolute atomic E-state index is 0.191. The Labute approximate surface area is 87.5 Å². The molecule has 0 unspecified atom stereocenters. The lowest BCUT2D eigenvalue weighted by atomic mass is 10.3. The van der Waals surface area contributed by atoms with Gasteiger partial charge in [0.1, 0.15) is 0 Å². The minimum atomic E-state index is -0.191. The zero-order valence-corrected chi connectivity index (χ0v) is 8.43. The highest BCUT2D eigenvalue weighted by atomic mass is 16.3. The van der Waals surface area contributed by atoms with E-state index in [2.05, 4.69) is 5.32 Å². The van der Waals surface area contributed by atoms with Crippen molar-refractivity contribution in [1.82, 2.24) is 9.88 Å². The first-order chi connectivity index (χ1) is 7.25. The van der Waals surface area contributed by atoms with E-state index < -0.39 is 0 Å². The van der Waals surface area contributed by atoms with Crippen molar-refractivity contribution in [2.24, 2.45) is 7.05 Å². The van der Waals surface area contributed by atoms with E-state index in [4.69, 9.17) is 4.42 Å². The van der Waals surface area contributed by atoms with Gasteiger partial charge in [-0.25, -0.2) is 0 Å². The predicted octanol–water partition coefficient (Wildman–Crippen LogP) is 1.55. The average Bonchev–Trinajstić information content (AvgIpc) is 2.84. The van der Waals surface area contributed by atoms with Gasteiger partial charge in [-0.1, -0.05) is 0 Å². The second-order valence-electron chi connectivity index (χ2n) is 3.35. The van der Waals surface area contributed by atoms with Gasteiger partial charge in [-0.05, 0) is 23.8 Å². The molecule has 2 rings (SSSR count). The highest BCUT2D eigenvalue weighted by Crippen LogP contribution is 2.02. The van der Waals surface area contributed by atoms with E-state index in [0.717, 1.165) is 5.56 Å². The number of aromatic nitrogens is 1. The highest BCUT2D eigenvalue weighted by molar-refractivity contribution is 5.91. The van der Waals surface area contributed by atoms with Crippen LogP contribution in [-0.2, 0) is 13.6 Å². The topological polar surface area (TPSA) is 47.2 Å². The lowest BCUT2D eigenvalue weighted by Gasteiger charge is -2.00. The molecule has 0 aliphatic rings. The maximum atomic E-state index is 11.5. The second-order valence-corrected chi connectivity index (χ2v) is 3.35. The van der Waals surface area contributed by atoms with Crippen LogP contribution in [0.25, 0.3) is 0 Å². The Bertz CT molecular complexity index is 443. The first-order valence-electron chi connectivity index (χ1n) is 4.68. The summed E-state index contributed by atoms with van der Waals surface area (Å²) in [5.74, 6) is 0.148. The van der Waals surface area contributed by atoms with Gasteiger partial charge in [0.05, 0.1) is 6.26 Å². The average molecular weight is 204 g/mol. The van der Waals surface area contributed by atoms with Gasteiger partial charge < -0.3 is 14.3 Å². The molecule has 0 atom stereocenters. The van der Waals surface area contributed by atoms with Crippen LogP contribution in [0.15, 0.2) is 41.3 Å². The molecule has 2 aromatic rings. The van der Waals surface area contributed by atoms with E-state index in [1.807, 2.05) is 30.1 Å². The number of furan rings is 1. The number of carbonyl (C=O) groups is 1. The fourth-order valence-electron chi connectivity index (χ4n) is 1.34. The van der Waals surface area contributed by atoms with E-state index in [-0.39, 0.29) is 5.91 Å². The third kappa shape index (κ3) is 2.28. The molecular weight excluding hydrogens is 192 g/mol. The number of nitrogens with one attached hydrogen (secondary N) is 1. The third-order valence-corrected chi connectivity index (χ3v) is 2.09. The number of hydrogen-bond acceptors (Lipinski definition) is 2. The maximum Gasteiger partial charge on any atom is 0.287 e. The standard InChI is InChI=1S/C11H12N2O2/c1-13-5-4-9(8-13)7-12-11(14)10-3-2-6-15-10/h2-6,8H,7H2,1H3,(H,12,14). The van der Waals surface area contributed by atoms with Crippen LogP contribution in [0.3, 0.4) is 0 Å². The summed E-state index contributed by atoms with van der Waals surface area (Å²) in [6.45, 7) is 0.514. The van der Waals surface area contributed by atoms with Gasteiger partial charge in [0.15, 0.2) is 5.76 Å². The van der Waals surface area contributed by atoms with Crippen LogP contribution < -0.4 is 5.32 Å². The van der Waals surface area contributed by atoms with Crippen LogP contribution in [-0.4, -0.2) is 10.5 Å². The lowest BCUT2D eigenvalue weighted by molar-refractivity contribution is 0.0923. The third-order valence-electron chi connectivity index (χ3n) is 2.09. The van der Waals surface area contributed by atoms with Crippen molar-refractivity contribution in [3.05, 3.63) is 48.2 Å². The molecule has 2 heterocycles. The zero-order chi connectivity index (χ0) is 10.7. The predicted molar refractivity (Wildman–Crippen MR) is 55.3 cm³/mol. The summed E-state index contributed by atoms with van der Waals surface area (Å²) in [6, 6.07) is 5.29. The molecule has 78 valence electrons. The van der Waals surface area contributed by atoms with Gasteiger partial charge in [-0.2, -0.15) is 0 Å². The summed E-state index contributed by atoms with van der Waals surface area (Å²) in [6.07, 6.45) is 5.38. The van der Waals surface area contributed by atoms with Crippen LogP contribution in [0.5, 0.6) is 0 Å². The van der Waals surface area contributed by atoms with Crippen molar-refractivity contribution in [3.8, 4) is 0 Å². The van der Waals surface area contributed by atoms with Crippen LogP contribution in [0.4, 0.5) is 0 Å². The molecule has 2 aromatic heterocycles. The SMILES string of the molecule is Cn1ccc(CNC(=O)c2ccco2)c1. The van der Waals surface area contributed by atoms with E-state index in [1.165, 1.54) is 6.26 Å². The van der Waals surface area contributed by atoms with Crippen molar-refractivity contribution in [3.63, 3.8) is 0 Å². The van der Waals surface area contributed by atoms with Crippen molar-refractivity contribution in [2.45, 2.75) is 6.54 Å². The van der Waals surface area contributed by atoms with Gasteiger partial charge >= 0.3 is 0 Å². The Hall–Kier alpha value is -1.97. The molecule has 0 aromatic carbocycles. The van der Waals surface area contributed by atoms with Crippen molar-refractivity contribution >= 4 is 5.91 Å². The van der Waals surface area contributed by atoms with Crippen LogP contribution in [0, 0.1) is 0 Å². The Morgan fingerprint density at radius 1 is 1.53 bits per heavy atom. The molecule has 0 spiro atoms. The Balaban J connectivity index is 1.91. The Morgan fingerprint density at radius 3 is 3.00 bits per heavy atom. The number of hydrogen-bond donors (Lipinski definition) is 1. The summed E-state index contributed by atoms with van der Waals surface area (Å²) < 4.78 is 6.91. The number of carbonyl (C=O) groups excluding carboxylic acids is 1. The van der Waals surface area contributed by atoms with E-state index in [1.54, 1.807) is 12.1 Å². The molecule has 0 radical (unpaired) electrons. The van der Waals surface area contributed by atoms with Gasteiger partial charge in [0.25, 0.3) is 5.91 Å². The molecule has 0 bridgehead atoms. The molecule has 0 fully saturated rings. The summed E-state index contributed by atoms with van der Waals surface area (Å²) in [5, 5.41) is 2.77. The van der Waals surface area contributed by atoms with Gasteiger partial charge in [-0.15, -0.1) is 0 Å². The quantitative estimate of drug-likeness (QED) is 0.824. The van der Waals surface area contributed by atoms with Crippen molar-refractivity contribution < 1.29 is 9.21 Å². The highest BCUT2D eigenvalue weighted by Gasteiger charge is 2.07. The Kier molecular flexibility index (Phi) is 2.58. The van der Waals surface area contributed by atoms with Gasteiger partial charge in [0.2, 0.25) is 0 Å². The summed E-state index contributed by atoms with van der Waals surface area (Å²) in [5.41, 5.74) is 1.07. The smallest absolute Gasteiger partial charge is 0.287 e. The number of rotatable bonds is 3. The number of aryl methyl sites for hydroxylation is 1. The fraction of sp³-hybridized carbons (Fsp3) is 0.182. The van der Waals surface area contributed by atoms with Crippen LogP contribution in [0.1, 0.15) is 16.1 Å². The molecule has 4 nitrogen and oxygen atoms in total. The van der Waals surface area contributed by atoms with Gasteiger partial charge in [-0.3, -0.25) is 4.79 Å². The molecule has 1 N–H and O–H groups in total. The zero-order valence-electron chi connectivity index (χ0n) is 8.43. The fourth-order valence-corrected chi connectivity index (χ4v) is 1.34. The first-order valence-corrected chi connectivity index (χ1v) is 4.68. The molecule has 0 aliphatic heterocycles. The molecule has 0 saturated carbocycles. The summed E-state index contributed by atoms with van der Waals surface area (Å²) in [4.78, 5) is 11.5. The van der Waals surface area contributed by atoms with Crippen LogP contribution in [0.2, 0.25) is 0 Å². The molecule has 0 saturated heterocycles. The van der Waals surface area contributed by atoms with Crippen LogP contribution >= 0.6 is 0 Å². The second kappa shape index (κ2) is 4.04. The van der Waals surface area contributed by atoms with Crippen molar-refractivity contribution in [2.75, 3.05) is 0 Å². The lowest BCUT2D eigenvalue weighted by Crippen LogP contribution is -2.21. The van der Waals surface area contributed by atoms with E-state index in [9.17, 15) is 4.79 Å². The monoisotopic (exact) mass is 204 g/mol. The molecule has 1 amide bonds. The normalized spacial score (nSPS) is 10.2. The van der Waals surface area contributed by atoms with E-state index >= 15 is 0 Å². The molecule has 15 heavy (non-hydrogen) atoms. The number of nitrogens with zero attached hydrogens (tertiary/aromatic N) is 1. The first kappa shape index (κ1) is 9.58. The largest absolute Gasteiger partial charge is 0.459 e.